The molecular weight excluding hydrogens is 392 g/mol. The lowest BCUT2D eigenvalue weighted by Gasteiger charge is -2.60. The number of aliphatic hydroxyl groups is 1. The Morgan fingerprint density at radius 1 is 0.767 bits per heavy atom. The monoisotopic (exact) mass is 412 g/mol. The summed E-state index contributed by atoms with van der Waals surface area (Å²) in [6.07, 6.45) is -5.71. The van der Waals surface area contributed by atoms with Crippen LogP contribution < -0.4 is 0 Å². The average molecular weight is 412 g/mol. The molecule has 6 rings (SSSR count). The highest BCUT2D eigenvalue weighted by Gasteiger charge is 2.68. The first-order valence-electron chi connectivity index (χ1n) is 9.69. The van der Waals surface area contributed by atoms with Crippen LogP contribution >= 0.6 is 0 Å². The van der Waals surface area contributed by atoms with Gasteiger partial charge in [0, 0.05) is 6.92 Å². The number of hydrogen-bond acceptors (Lipinski definition) is 8. The van der Waals surface area contributed by atoms with Gasteiger partial charge in [0.1, 0.15) is 24.4 Å². The standard InChI is InChI=1S/C22H20O8/c1-22-28-15-14(23)16(29-22)18(27-21(25)13-10-6-3-7-11-13)19(30-22)17(15)26-20(24)12-8-4-2-5-9-12/h2-11,14-19,23H,1H3/t14?,15-,16+,17+,18-,19?,22?. The van der Waals surface area contributed by atoms with Gasteiger partial charge in [0.15, 0.2) is 12.2 Å². The van der Waals surface area contributed by atoms with Crippen molar-refractivity contribution in [3.8, 4) is 0 Å². The van der Waals surface area contributed by atoms with E-state index >= 15 is 0 Å². The minimum atomic E-state index is -1.41. The van der Waals surface area contributed by atoms with Gasteiger partial charge in [-0.05, 0) is 24.3 Å². The quantitative estimate of drug-likeness (QED) is 0.757. The number of carbonyl (C=O) groups excluding carboxylic acids is 2. The summed E-state index contributed by atoms with van der Waals surface area (Å²) in [5.74, 6) is -2.59. The van der Waals surface area contributed by atoms with Gasteiger partial charge in [0.05, 0.1) is 11.1 Å². The second-order valence-electron chi connectivity index (χ2n) is 7.57. The van der Waals surface area contributed by atoms with E-state index in [0.29, 0.717) is 11.1 Å². The van der Waals surface area contributed by atoms with Crippen molar-refractivity contribution < 1.29 is 38.4 Å². The smallest absolute Gasteiger partial charge is 0.338 e. The summed E-state index contributed by atoms with van der Waals surface area (Å²) in [6, 6.07) is 16.9. The van der Waals surface area contributed by atoms with Gasteiger partial charge in [0.2, 0.25) is 0 Å². The molecule has 4 bridgehead atoms. The zero-order chi connectivity index (χ0) is 20.9. The lowest BCUT2D eigenvalue weighted by Crippen LogP contribution is -2.79. The Bertz CT molecular complexity index is 875. The number of rotatable bonds is 4. The van der Waals surface area contributed by atoms with Gasteiger partial charge in [-0.3, -0.25) is 0 Å². The summed E-state index contributed by atoms with van der Waals surface area (Å²) in [6.45, 7) is 1.57. The zero-order valence-electron chi connectivity index (χ0n) is 16.0. The van der Waals surface area contributed by atoms with Gasteiger partial charge in [-0.15, -0.1) is 0 Å². The fraction of sp³-hybridized carbons (Fsp3) is 0.364. The second-order valence-corrected chi connectivity index (χ2v) is 7.57. The third-order valence-electron chi connectivity index (χ3n) is 5.52. The topological polar surface area (TPSA) is 101 Å². The highest BCUT2D eigenvalue weighted by Crippen LogP contribution is 2.47. The van der Waals surface area contributed by atoms with Crippen molar-refractivity contribution in [1.82, 2.24) is 0 Å². The molecule has 0 spiro atoms. The Morgan fingerprint density at radius 2 is 1.17 bits per heavy atom. The first-order chi connectivity index (χ1) is 14.5. The van der Waals surface area contributed by atoms with E-state index in [1.807, 2.05) is 0 Å². The molecule has 8 nitrogen and oxygen atoms in total. The number of hydrogen-bond donors (Lipinski definition) is 1. The van der Waals surface area contributed by atoms with Gasteiger partial charge in [-0.25, -0.2) is 9.59 Å². The number of benzene rings is 2. The van der Waals surface area contributed by atoms with Crippen LogP contribution in [-0.2, 0) is 23.7 Å². The van der Waals surface area contributed by atoms with E-state index in [4.69, 9.17) is 23.7 Å². The molecular formula is C22H20O8. The molecule has 1 aliphatic carbocycles. The molecule has 30 heavy (non-hydrogen) atoms. The number of aliphatic hydroxyl groups excluding tert-OH is 1. The lowest BCUT2D eigenvalue weighted by molar-refractivity contribution is -0.529. The van der Waals surface area contributed by atoms with E-state index in [1.165, 1.54) is 0 Å². The molecule has 4 fully saturated rings. The number of carbonyl (C=O) groups is 2. The third kappa shape index (κ3) is 3.18. The molecule has 2 aromatic carbocycles. The van der Waals surface area contributed by atoms with Crippen molar-refractivity contribution in [2.45, 2.75) is 49.5 Å². The first kappa shape index (κ1) is 19.2. The molecule has 3 saturated heterocycles. The Kier molecular flexibility index (Phi) is 4.59. The third-order valence-corrected chi connectivity index (χ3v) is 5.52. The van der Waals surface area contributed by atoms with E-state index in [0.717, 1.165) is 0 Å². The molecule has 0 radical (unpaired) electrons. The summed E-state index contributed by atoms with van der Waals surface area (Å²) in [7, 11) is 0. The van der Waals surface area contributed by atoms with Crippen molar-refractivity contribution in [1.29, 1.82) is 0 Å². The molecule has 1 N–H and O–H groups in total. The van der Waals surface area contributed by atoms with Crippen molar-refractivity contribution in [3.05, 3.63) is 71.8 Å². The Labute approximate surface area is 172 Å². The maximum atomic E-state index is 12.6. The maximum Gasteiger partial charge on any atom is 0.338 e. The molecule has 0 aromatic heterocycles. The van der Waals surface area contributed by atoms with E-state index in [9.17, 15) is 14.7 Å². The predicted molar refractivity (Wildman–Crippen MR) is 100 cm³/mol. The van der Waals surface area contributed by atoms with Crippen LogP contribution in [0.4, 0.5) is 0 Å². The van der Waals surface area contributed by atoms with Crippen LogP contribution in [0.5, 0.6) is 0 Å². The number of ether oxygens (including phenoxy) is 5. The minimum Gasteiger partial charge on any atom is -0.453 e. The number of esters is 2. The van der Waals surface area contributed by atoms with Crippen LogP contribution in [0.15, 0.2) is 60.7 Å². The highest BCUT2D eigenvalue weighted by molar-refractivity contribution is 5.90. The van der Waals surface area contributed by atoms with Crippen LogP contribution in [0.2, 0.25) is 0 Å². The summed E-state index contributed by atoms with van der Waals surface area (Å²) in [4.78, 5) is 25.2. The Morgan fingerprint density at radius 3 is 1.60 bits per heavy atom. The van der Waals surface area contributed by atoms with E-state index in [2.05, 4.69) is 0 Å². The highest BCUT2D eigenvalue weighted by atomic mass is 16.9. The molecule has 4 aliphatic rings. The van der Waals surface area contributed by atoms with Crippen molar-refractivity contribution in [3.63, 3.8) is 0 Å². The van der Waals surface area contributed by atoms with Gasteiger partial charge >= 0.3 is 11.9 Å². The maximum absolute atomic E-state index is 12.6. The summed E-state index contributed by atoms with van der Waals surface area (Å²) < 4.78 is 28.5. The van der Waals surface area contributed by atoms with Crippen LogP contribution in [0.3, 0.4) is 0 Å². The Balaban J connectivity index is 1.41. The van der Waals surface area contributed by atoms with E-state index in [1.54, 1.807) is 67.6 Å². The summed E-state index contributed by atoms with van der Waals surface area (Å²) in [5, 5.41) is 10.8. The Hall–Kier alpha value is -2.78. The minimum absolute atomic E-state index is 0.348. The zero-order valence-corrected chi connectivity index (χ0v) is 16.0. The van der Waals surface area contributed by atoms with Crippen LogP contribution in [-0.4, -0.2) is 59.6 Å². The van der Waals surface area contributed by atoms with E-state index < -0.39 is 54.5 Å². The van der Waals surface area contributed by atoms with Crippen LogP contribution in [0.1, 0.15) is 27.6 Å². The largest absolute Gasteiger partial charge is 0.453 e. The second kappa shape index (κ2) is 7.17. The first-order valence-corrected chi connectivity index (χ1v) is 9.69. The normalized spacial score (nSPS) is 36.3. The molecule has 3 heterocycles. The predicted octanol–water partition coefficient (Wildman–Crippen LogP) is 1.67. The summed E-state index contributed by atoms with van der Waals surface area (Å²) >= 11 is 0. The molecule has 7 atom stereocenters. The van der Waals surface area contributed by atoms with Gasteiger partial charge in [-0.2, -0.15) is 0 Å². The van der Waals surface area contributed by atoms with Gasteiger partial charge in [-0.1, -0.05) is 36.4 Å². The molecule has 3 aliphatic heterocycles. The van der Waals surface area contributed by atoms with Gasteiger partial charge in [0.25, 0.3) is 5.97 Å². The van der Waals surface area contributed by atoms with Crippen molar-refractivity contribution in [2.75, 3.05) is 0 Å². The SMILES string of the molecule is CC12OC3[C@@H](OC(=O)c4ccccc4)[C@H](O1)C(O)[C@H](O2)[C@H]3OC(=O)c1ccccc1. The summed E-state index contributed by atoms with van der Waals surface area (Å²) in [5.41, 5.74) is 0.696. The molecule has 0 amide bonds. The van der Waals surface area contributed by atoms with Gasteiger partial charge < -0.3 is 28.8 Å². The van der Waals surface area contributed by atoms with Crippen molar-refractivity contribution in [2.24, 2.45) is 0 Å². The molecule has 3 unspecified atom stereocenters. The lowest BCUT2D eigenvalue weighted by atomic mass is 9.81. The molecule has 1 saturated carbocycles. The molecule has 8 heteroatoms. The molecule has 156 valence electrons. The van der Waals surface area contributed by atoms with Crippen LogP contribution in [0, 0.1) is 0 Å². The average Bonchev–Trinajstić information content (AvgIpc) is 2.76. The van der Waals surface area contributed by atoms with Crippen molar-refractivity contribution >= 4 is 11.9 Å². The fourth-order valence-electron chi connectivity index (χ4n) is 4.17. The van der Waals surface area contributed by atoms with Crippen LogP contribution in [0.25, 0.3) is 0 Å². The molecule has 2 aromatic rings. The fourth-order valence-corrected chi connectivity index (χ4v) is 4.17. The van der Waals surface area contributed by atoms with E-state index in [-0.39, 0.29) is 0 Å².